The molecular formula is C36H30F5N3O4S. The van der Waals surface area contributed by atoms with Crippen molar-refractivity contribution >= 4 is 17.7 Å². The predicted octanol–water partition coefficient (Wildman–Crippen LogP) is 7.54. The van der Waals surface area contributed by atoms with Gasteiger partial charge >= 0.3 is 0 Å². The Balaban J connectivity index is 1.20. The van der Waals surface area contributed by atoms with Gasteiger partial charge in [0.25, 0.3) is 5.91 Å². The Labute approximate surface area is 282 Å². The van der Waals surface area contributed by atoms with Gasteiger partial charge in [0.05, 0.1) is 18.8 Å². The quantitative estimate of drug-likeness (QED) is 0.0680. The molecule has 6 rings (SSSR count). The summed E-state index contributed by atoms with van der Waals surface area (Å²) < 4.78 is 84.0. The van der Waals surface area contributed by atoms with Crippen LogP contribution in [0.3, 0.4) is 0 Å². The fourth-order valence-electron chi connectivity index (χ4n) is 5.53. The van der Waals surface area contributed by atoms with E-state index in [0.29, 0.717) is 23.3 Å². The maximum absolute atomic E-state index is 14.2. The summed E-state index contributed by atoms with van der Waals surface area (Å²) >= 11 is 1.58. The van der Waals surface area contributed by atoms with Crippen molar-refractivity contribution in [2.24, 2.45) is 7.05 Å². The number of aliphatic hydroxyl groups excluding tert-OH is 1. The number of carbonyl (C=O) groups is 1. The Kier molecular flexibility index (Phi) is 10.4. The molecule has 0 radical (unpaired) electrons. The number of amides is 1. The zero-order chi connectivity index (χ0) is 34.7. The summed E-state index contributed by atoms with van der Waals surface area (Å²) in [5, 5.41) is 12.6. The Morgan fingerprint density at radius 2 is 1.55 bits per heavy atom. The molecule has 7 nitrogen and oxygen atoms in total. The lowest BCUT2D eigenvalue weighted by atomic mass is 9.97. The summed E-state index contributed by atoms with van der Waals surface area (Å²) in [6.45, 7) is -0.315. The number of imidazole rings is 1. The fraction of sp³-hybridized carbons (Fsp3) is 0.222. The first-order chi connectivity index (χ1) is 23.6. The van der Waals surface area contributed by atoms with E-state index in [4.69, 9.17) is 9.47 Å². The summed E-state index contributed by atoms with van der Waals surface area (Å²) in [4.78, 5) is 17.0. The Morgan fingerprint density at radius 3 is 2.20 bits per heavy atom. The molecule has 1 amide bonds. The SMILES string of the molecule is Cn1ccnc1SCC1CC(c2ccc(CO)cc2)OC(c2ccc(-c3ccccc3CNC(=O)c3c(F)c(F)c(F)c(F)c3F)cc2)O1. The third-order valence-electron chi connectivity index (χ3n) is 8.18. The highest BCUT2D eigenvalue weighted by Gasteiger charge is 2.33. The van der Waals surface area contributed by atoms with E-state index in [9.17, 15) is 31.9 Å². The van der Waals surface area contributed by atoms with Crippen molar-refractivity contribution in [3.05, 3.63) is 142 Å². The molecule has 3 atom stereocenters. The number of carbonyl (C=O) groups excluding carboxylic acids is 1. The minimum Gasteiger partial charge on any atom is -0.392 e. The molecule has 2 N–H and O–H groups in total. The molecule has 1 aliphatic rings. The highest BCUT2D eigenvalue weighted by Crippen LogP contribution is 2.40. The number of aliphatic hydroxyl groups is 1. The van der Waals surface area contributed by atoms with E-state index in [1.54, 1.807) is 42.2 Å². The van der Waals surface area contributed by atoms with Gasteiger partial charge in [-0.15, -0.1) is 0 Å². The van der Waals surface area contributed by atoms with Crippen LogP contribution in [0.2, 0.25) is 0 Å². The monoisotopic (exact) mass is 695 g/mol. The molecular weight excluding hydrogens is 665 g/mol. The molecule has 0 bridgehead atoms. The molecule has 2 heterocycles. The number of nitrogens with one attached hydrogen (secondary N) is 1. The van der Waals surface area contributed by atoms with Crippen molar-refractivity contribution in [1.29, 1.82) is 0 Å². The number of hydrogen-bond acceptors (Lipinski definition) is 6. The van der Waals surface area contributed by atoms with Crippen molar-refractivity contribution in [3.8, 4) is 11.1 Å². The van der Waals surface area contributed by atoms with Gasteiger partial charge in [0.1, 0.15) is 5.56 Å². The van der Waals surface area contributed by atoms with Crippen LogP contribution in [0, 0.1) is 29.1 Å². The zero-order valence-electron chi connectivity index (χ0n) is 26.0. The van der Waals surface area contributed by atoms with E-state index in [2.05, 4.69) is 10.3 Å². The second kappa shape index (κ2) is 14.9. The van der Waals surface area contributed by atoms with Crippen molar-refractivity contribution in [2.75, 3.05) is 5.75 Å². The minimum atomic E-state index is -2.34. The number of nitrogens with zero attached hydrogens (tertiary/aromatic N) is 2. The van der Waals surface area contributed by atoms with Crippen LogP contribution in [0.25, 0.3) is 11.1 Å². The highest BCUT2D eigenvalue weighted by molar-refractivity contribution is 7.99. The molecule has 13 heteroatoms. The average Bonchev–Trinajstić information content (AvgIpc) is 3.55. The first-order valence-electron chi connectivity index (χ1n) is 15.2. The van der Waals surface area contributed by atoms with Crippen LogP contribution in [0.5, 0.6) is 0 Å². The largest absolute Gasteiger partial charge is 0.392 e. The zero-order valence-corrected chi connectivity index (χ0v) is 26.8. The minimum absolute atomic E-state index is 0.0619. The molecule has 1 fully saturated rings. The van der Waals surface area contributed by atoms with E-state index < -0.39 is 46.8 Å². The third-order valence-corrected chi connectivity index (χ3v) is 9.37. The van der Waals surface area contributed by atoms with Gasteiger partial charge in [0.15, 0.2) is 34.7 Å². The average molecular weight is 696 g/mol. The summed E-state index contributed by atoms with van der Waals surface area (Å²) in [6, 6.07) is 21.9. The van der Waals surface area contributed by atoms with Gasteiger partial charge in [-0.1, -0.05) is 84.6 Å². The van der Waals surface area contributed by atoms with Crippen molar-refractivity contribution in [2.45, 2.75) is 43.2 Å². The Morgan fingerprint density at radius 1 is 0.898 bits per heavy atom. The molecule has 5 aromatic rings. The van der Waals surface area contributed by atoms with Crippen molar-refractivity contribution < 1.29 is 41.3 Å². The van der Waals surface area contributed by atoms with Crippen LogP contribution in [-0.2, 0) is 29.7 Å². The number of aryl methyl sites for hydroxylation is 1. The van der Waals surface area contributed by atoms with Gasteiger partial charge in [-0.25, -0.2) is 26.9 Å². The lowest BCUT2D eigenvalue weighted by Crippen LogP contribution is -2.31. The Bertz CT molecular complexity index is 1930. The van der Waals surface area contributed by atoms with Crippen molar-refractivity contribution in [1.82, 2.24) is 14.9 Å². The number of benzene rings is 4. The summed E-state index contributed by atoms with van der Waals surface area (Å²) in [5.74, 6) is -11.9. The van der Waals surface area contributed by atoms with Gasteiger partial charge in [0.2, 0.25) is 5.82 Å². The van der Waals surface area contributed by atoms with Crippen molar-refractivity contribution in [3.63, 3.8) is 0 Å². The number of ether oxygens (including phenoxy) is 2. The second-order valence-corrected chi connectivity index (χ2v) is 12.4. The van der Waals surface area contributed by atoms with Gasteiger partial charge in [-0.05, 0) is 27.8 Å². The fourth-order valence-corrected chi connectivity index (χ4v) is 6.47. The molecule has 1 aliphatic heterocycles. The molecule has 254 valence electrons. The lowest BCUT2D eigenvalue weighted by Gasteiger charge is -2.36. The summed E-state index contributed by atoms with van der Waals surface area (Å²) in [6.07, 6.45) is 3.07. The topological polar surface area (TPSA) is 85.6 Å². The normalized spacial score (nSPS) is 17.7. The van der Waals surface area contributed by atoms with Gasteiger partial charge in [-0.3, -0.25) is 4.79 Å². The van der Waals surface area contributed by atoms with Gasteiger partial charge in [-0.2, -0.15) is 0 Å². The number of rotatable bonds is 10. The molecule has 4 aromatic carbocycles. The maximum atomic E-state index is 14.2. The van der Waals surface area contributed by atoms with Gasteiger partial charge in [0, 0.05) is 43.7 Å². The second-order valence-electron chi connectivity index (χ2n) is 11.4. The number of hydrogen-bond donors (Lipinski definition) is 2. The molecule has 3 unspecified atom stereocenters. The van der Waals surface area contributed by atoms with E-state index in [-0.39, 0.29) is 25.4 Å². The summed E-state index contributed by atoms with van der Waals surface area (Å²) in [5.41, 5.74) is 2.89. The maximum Gasteiger partial charge on any atom is 0.257 e. The van der Waals surface area contributed by atoms with E-state index in [1.807, 2.05) is 66.3 Å². The van der Waals surface area contributed by atoms with Crippen LogP contribution < -0.4 is 5.32 Å². The first kappa shape index (κ1) is 34.3. The van der Waals surface area contributed by atoms with Crippen LogP contribution in [0.15, 0.2) is 90.3 Å². The van der Waals surface area contributed by atoms with E-state index in [0.717, 1.165) is 27.4 Å². The smallest absolute Gasteiger partial charge is 0.257 e. The van der Waals surface area contributed by atoms with Crippen LogP contribution >= 0.6 is 11.8 Å². The molecule has 0 saturated carbocycles. The summed E-state index contributed by atoms with van der Waals surface area (Å²) in [7, 11) is 1.93. The standard InChI is InChI=1S/C36H30F5N3O4S/c1-44-15-14-42-36(44)49-19-25-16-27(22-8-6-20(18-45)7-9-22)48-35(47-25)23-12-10-21(11-13-23)26-5-3-2-4-24(26)17-43-34(46)28-29(37)31(39)33(41)32(40)30(28)38/h2-15,25,27,35,45H,16-19H2,1H3,(H,43,46). The van der Waals surface area contributed by atoms with Crippen LogP contribution in [0.4, 0.5) is 22.0 Å². The number of aromatic nitrogens is 2. The third kappa shape index (κ3) is 7.39. The molecule has 49 heavy (non-hydrogen) atoms. The first-order valence-corrected chi connectivity index (χ1v) is 16.2. The molecule has 0 aliphatic carbocycles. The molecule has 1 saturated heterocycles. The number of halogens is 5. The van der Waals surface area contributed by atoms with Crippen LogP contribution in [-0.4, -0.2) is 32.4 Å². The number of thioether (sulfide) groups is 1. The predicted molar refractivity (Wildman–Crippen MR) is 172 cm³/mol. The lowest BCUT2D eigenvalue weighted by molar-refractivity contribution is -0.245. The van der Waals surface area contributed by atoms with Gasteiger partial charge < -0.3 is 24.5 Å². The molecule has 1 aromatic heterocycles. The van der Waals surface area contributed by atoms with Crippen LogP contribution in [0.1, 0.15) is 51.4 Å². The van der Waals surface area contributed by atoms with E-state index >= 15 is 0 Å². The van der Waals surface area contributed by atoms with E-state index in [1.165, 1.54) is 0 Å². The molecule has 0 spiro atoms. The highest BCUT2D eigenvalue weighted by atomic mass is 32.2. The Hall–Kier alpha value is -4.56.